The molecule has 0 fully saturated rings. The van der Waals surface area contributed by atoms with E-state index in [1.807, 2.05) is 12.1 Å². The molecule has 21 heavy (non-hydrogen) atoms. The first-order valence-electron chi connectivity index (χ1n) is 6.53. The molecule has 2 aromatic heterocycles. The highest BCUT2D eigenvalue weighted by Crippen LogP contribution is 1.97. The van der Waals surface area contributed by atoms with E-state index in [4.69, 9.17) is 0 Å². The van der Waals surface area contributed by atoms with Gasteiger partial charge in [-0.25, -0.2) is 0 Å². The topological polar surface area (TPSA) is 74.0 Å². The number of carbonyl (C=O) groups is 2. The molecule has 0 aliphatic rings. The summed E-state index contributed by atoms with van der Waals surface area (Å²) in [6, 6.07) is 6.99. The number of ketones is 2. The van der Waals surface area contributed by atoms with Crippen LogP contribution in [0.25, 0.3) is 0 Å². The van der Waals surface area contributed by atoms with Crippen molar-refractivity contribution in [2.45, 2.75) is 26.7 Å². The summed E-state index contributed by atoms with van der Waals surface area (Å²) >= 11 is 0. The molecule has 0 spiro atoms. The number of carbonyl (C=O) groups excluding carboxylic acids is 2. The predicted molar refractivity (Wildman–Crippen MR) is 78.4 cm³/mol. The smallest absolute Gasteiger partial charge is 0.180 e. The first kappa shape index (κ1) is 16.5. The second-order valence-electron chi connectivity index (χ2n) is 4.68. The Morgan fingerprint density at radius 3 is 1.81 bits per heavy atom. The van der Waals surface area contributed by atoms with E-state index in [0.29, 0.717) is 17.6 Å². The van der Waals surface area contributed by atoms with Gasteiger partial charge in [-0.05, 0) is 37.1 Å². The highest BCUT2D eigenvalue weighted by atomic mass is 16.5. The lowest BCUT2D eigenvalue weighted by molar-refractivity contribution is -0.605. The van der Waals surface area contributed by atoms with Gasteiger partial charge in [0.05, 0.1) is 0 Å². The highest BCUT2D eigenvalue weighted by molar-refractivity contribution is 5.78. The molecule has 5 nitrogen and oxygen atoms in total. The van der Waals surface area contributed by atoms with Crippen molar-refractivity contribution < 1.29 is 14.3 Å². The van der Waals surface area contributed by atoms with E-state index < -0.39 is 0 Å². The van der Waals surface area contributed by atoms with E-state index >= 15 is 0 Å². The maximum Gasteiger partial charge on any atom is 0.180 e. The van der Waals surface area contributed by atoms with Crippen molar-refractivity contribution in [1.29, 1.82) is 0 Å². The first-order valence-corrected chi connectivity index (χ1v) is 6.53. The molecular formula is C16H18N2O3. The van der Waals surface area contributed by atoms with Crippen LogP contribution in [0.3, 0.4) is 0 Å². The quantitative estimate of drug-likeness (QED) is 0.633. The van der Waals surface area contributed by atoms with Crippen LogP contribution in [-0.2, 0) is 22.4 Å². The molecule has 0 saturated heterocycles. The number of Topliss-reactive ketones (excluding diaryl/α,β-unsaturated/α-hetero) is 2. The summed E-state index contributed by atoms with van der Waals surface area (Å²) in [4.78, 5) is 25.0. The number of rotatable bonds is 4. The molecule has 5 heteroatoms. The van der Waals surface area contributed by atoms with Crippen molar-refractivity contribution in [3.05, 3.63) is 65.4 Å². The summed E-state index contributed by atoms with van der Waals surface area (Å²) in [6.07, 6.45) is 7.08. The van der Waals surface area contributed by atoms with Crippen molar-refractivity contribution in [2.75, 3.05) is 0 Å². The molecule has 110 valence electrons. The first-order chi connectivity index (χ1) is 9.97. The SMILES string of the molecule is CC(=O)Cc1cc[n+]([O-])cc1.CC(=O)Cc1ccncc1. The van der Waals surface area contributed by atoms with E-state index in [-0.39, 0.29) is 11.6 Å². The van der Waals surface area contributed by atoms with Crippen LogP contribution in [0.4, 0.5) is 0 Å². The molecule has 0 aliphatic heterocycles. The van der Waals surface area contributed by atoms with Crippen molar-refractivity contribution in [3.8, 4) is 0 Å². The van der Waals surface area contributed by atoms with E-state index in [0.717, 1.165) is 11.1 Å². The van der Waals surface area contributed by atoms with Gasteiger partial charge in [0.25, 0.3) is 0 Å². The third-order valence-electron chi connectivity index (χ3n) is 2.53. The number of hydrogen-bond donors (Lipinski definition) is 0. The van der Waals surface area contributed by atoms with Gasteiger partial charge < -0.3 is 5.21 Å². The van der Waals surface area contributed by atoms with Gasteiger partial charge in [0.1, 0.15) is 11.6 Å². The molecule has 0 aliphatic carbocycles. The zero-order valence-electron chi connectivity index (χ0n) is 12.2. The highest BCUT2D eigenvalue weighted by Gasteiger charge is 1.97. The van der Waals surface area contributed by atoms with Crippen LogP contribution in [0.2, 0.25) is 0 Å². The lowest BCUT2D eigenvalue weighted by Crippen LogP contribution is -2.23. The molecule has 2 rings (SSSR count). The van der Waals surface area contributed by atoms with Crippen molar-refractivity contribution in [1.82, 2.24) is 4.98 Å². The molecule has 0 aromatic carbocycles. The van der Waals surface area contributed by atoms with Crippen LogP contribution in [0.15, 0.2) is 49.1 Å². The predicted octanol–water partition coefficient (Wildman–Crippen LogP) is 1.66. The standard InChI is InChI=1S/C8H9NO2.C8H9NO/c1-7(10)6-8-2-4-9(11)5-3-8;1-7(10)6-8-2-4-9-5-3-8/h2-5H,6H2,1H3;2-5H,6H2,1H3. The Bertz CT molecular complexity index is 580. The fraction of sp³-hybridized carbons (Fsp3) is 0.250. The maximum absolute atomic E-state index is 10.6. The summed E-state index contributed by atoms with van der Waals surface area (Å²) in [5.74, 6) is 0.292. The van der Waals surface area contributed by atoms with Gasteiger partial charge in [0.2, 0.25) is 0 Å². The molecular weight excluding hydrogens is 268 g/mol. The van der Waals surface area contributed by atoms with Crippen molar-refractivity contribution >= 4 is 11.6 Å². The minimum atomic E-state index is 0.105. The Morgan fingerprint density at radius 2 is 1.38 bits per heavy atom. The van der Waals surface area contributed by atoms with E-state index in [2.05, 4.69) is 4.98 Å². The van der Waals surface area contributed by atoms with Gasteiger partial charge in [-0.3, -0.25) is 14.6 Å². The fourth-order valence-corrected chi connectivity index (χ4v) is 1.64. The largest absolute Gasteiger partial charge is 0.619 e. The van der Waals surface area contributed by atoms with E-state index in [1.165, 1.54) is 19.3 Å². The Balaban J connectivity index is 0.000000211. The molecule has 0 radical (unpaired) electrons. The van der Waals surface area contributed by atoms with Crippen LogP contribution in [0.1, 0.15) is 25.0 Å². The van der Waals surface area contributed by atoms with Gasteiger partial charge in [-0.1, -0.05) is 0 Å². The molecule has 2 heterocycles. The van der Waals surface area contributed by atoms with Gasteiger partial charge in [-0.2, -0.15) is 4.73 Å². The zero-order chi connectivity index (χ0) is 15.7. The molecule has 0 atom stereocenters. The van der Waals surface area contributed by atoms with Crippen LogP contribution < -0.4 is 4.73 Å². The minimum absolute atomic E-state index is 0.105. The van der Waals surface area contributed by atoms with Gasteiger partial charge in [0.15, 0.2) is 12.4 Å². The van der Waals surface area contributed by atoms with Crippen LogP contribution in [-0.4, -0.2) is 16.6 Å². The summed E-state index contributed by atoms with van der Waals surface area (Å²) in [6.45, 7) is 3.11. The number of pyridine rings is 2. The Labute approximate surface area is 123 Å². The average molecular weight is 286 g/mol. The molecule has 0 saturated carbocycles. The van der Waals surface area contributed by atoms with Gasteiger partial charge in [0, 0.05) is 37.4 Å². The average Bonchev–Trinajstić information content (AvgIpc) is 2.42. The minimum Gasteiger partial charge on any atom is -0.619 e. The second-order valence-corrected chi connectivity index (χ2v) is 4.68. The monoisotopic (exact) mass is 286 g/mol. The number of aromatic nitrogens is 2. The lowest BCUT2D eigenvalue weighted by atomic mass is 10.1. The number of hydrogen-bond acceptors (Lipinski definition) is 4. The fourth-order valence-electron chi connectivity index (χ4n) is 1.64. The van der Waals surface area contributed by atoms with Crippen LogP contribution in [0.5, 0.6) is 0 Å². The lowest BCUT2D eigenvalue weighted by Gasteiger charge is -1.96. The summed E-state index contributed by atoms with van der Waals surface area (Å²) in [5, 5.41) is 10.5. The maximum atomic E-state index is 10.6. The van der Waals surface area contributed by atoms with Crippen LogP contribution in [0, 0.1) is 5.21 Å². The van der Waals surface area contributed by atoms with E-state index in [9.17, 15) is 14.8 Å². The second kappa shape index (κ2) is 8.58. The third kappa shape index (κ3) is 7.57. The summed E-state index contributed by atoms with van der Waals surface area (Å²) < 4.78 is 0.698. The Kier molecular flexibility index (Phi) is 6.74. The third-order valence-corrected chi connectivity index (χ3v) is 2.53. The van der Waals surface area contributed by atoms with Crippen molar-refractivity contribution in [2.24, 2.45) is 0 Å². The normalized spacial score (nSPS) is 9.43. The van der Waals surface area contributed by atoms with Crippen molar-refractivity contribution in [3.63, 3.8) is 0 Å². The molecule has 0 bridgehead atoms. The Morgan fingerprint density at radius 1 is 0.952 bits per heavy atom. The molecule has 0 N–H and O–H groups in total. The number of nitrogens with zero attached hydrogens (tertiary/aromatic N) is 2. The van der Waals surface area contributed by atoms with Gasteiger partial charge >= 0.3 is 0 Å². The molecule has 2 aromatic rings. The molecule has 0 amide bonds. The van der Waals surface area contributed by atoms with Crippen LogP contribution >= 0.6 is 0 Å². The summed E-state index contributed by atoms with van der Waals surface area (Å²) in [7, 11) is 0. The van der Waals surface area contributed by atoms with E-state index in [1.54, 1.807) is 31.5 Å². The molecule has 0 unspecified atom stereocenters. The zero-order valence-corrected chi connectivity index (χ0v) is 12.2. The Hall–Kier alpha value is -2.56. The van der Waals surface area contributed by atoms with Gasteiger partial charge in [-0.15, -0.1) is 0 Å². The summed E-state index contributed by atoms with van der Waals surface area (Å²) in [5.41, 5.74) is 1.91.